The zero-order chi connectivity index (χ0) is 56.8. The van der Waals surface area contributed by atoms with E-state index in [0.29, 0.717) is 18.4 Å². The van der Waals surface area contributed by atoms with Gasteiger partial charge in [0, 0.05) is 18.3 Å². The molecule has 0 fully saturated rings. The highest BCUT2D eigenvalue weighted by molar-refractivity contribution is 6.75. The first-order chi connectivity index (χ1) is 33.1. The van der Waals surface area contributed by atoms with Gasteiger partial charge in [0.25, 0.3) is 0 Å². The number of aliphatic hydroxyl groups is 1. The van der Waals surface area contributed by atoms with Gasteiger partial charge in [0.2, 0.25) is 0 Å². The third-order valence-electron chi connectivity index (χ3n) is 17.8. The van der Waals surface area contributed by atoms with Crippen LogP contribution in [0.2, 0.25) is 72.5 Å². The monoisotopic (exact) mass is 1090 g/mol. The summed E-state index contributed by atoms with van der Waals surface area (Å²) in [4.78, 5) is 0. The van der Waals surface area contributed by atoms with Crippen molar-refractivity contribution in [2.24, 2.45) is 35.5 Å². The molecule has 0 spiro atoms. The molecular weight excluding hydrogens is 969 g/mol. The van der Waals surface area contributed by atoms with Crippen LogP contribution in [-0.2, 0) is 29.0 Å². The van der Waals surface area contributed by atoms with Gasteiger partial charge >= 0.3 is 0 Å². The Morgan fingerprint density at radius 2 is 1.01 bits per heavy atom. The van der Waals surface area contributed by atoms with Crippen molar-refractivity contribution in [3.05, 3.63) is 78.9 Å². The van der Waals surface area contributed by atoms with Crippen molar-refractivity contribution >= 4 is 33.3 Å². The third kappa shape index (κ3) is 22.5. The molecule has 0 aliphatic carbocycles. The molecule has 424 valence electrons. The summed E-state index contributed by atoms with van der Waals surface area (Å²) in [5.74, 6) is 2.16. The predicted molar refractivity (Wildman–Crippen MR) is 328 cm³/mol. The molecule has 0 saturated carbocycles. The van der Waals surface area contributed by atoms with Crippen LogP contribution in [0.1, 0.15) is 156 Å². The summed E-state index contributed by atoms with van der Waals surface area (Å²) in [6, 6.07) is 8.21. The van der Waals surface area contributed by atoms with E-state index in [1.54, 1.807) is 7.11 Å². The molecule has 11 heteroatoms. The molecule has 1 rings (SSSR count). The van der Waals surface area contributed by atoms with Crippen LogP contribution in [0.15, 0.2) is 73.4 Å². The minimum absolute atomic E-state index is 0.0181. The van der Waals surface area contributed by atoms with Crippen molar-refractivity contribution in [2.75, 3.05) is 13.7 Å². The van der Waals surface area contributed by atoms with Crippen LogP contribution >= 0.6 is 0 Å². The van der Waals surface area contributed by atoms with Crippen molar-refractivity contribution in [3.8, 4) is 5.75 Å². The quantitative estimate of drug-likeness (QED) is 0.0451. The summed E-state index contributed by atoms with van der Waals surface area (Å²) in [5, 5.41) is 10.0. The van der Waals surface area contributed by atoms with Crippen molar-refractivity contribution in [1.82, 2.24) is 0 Å². The second-order valence-corrected chi connectivity index (χ2v) is 47.4. The fourth-order valence-electron chi connectivity index (χ4n) is 8.53. The molecule has 0 aliphatic rings. The first-order valence-electron chi connectivity index (χ1n) is 28.3. The van der Waals surface area contributed by atoms with Gasteiger partial charge in [-0.2, -0.15) is 0 Å². The molecule has 73 heavy (non-hydrogen) atoms. The Labute approximate surface area is 457 Å². The summed E-state index contributed by atoms with van der Waals surface area (Å²) < 4.78 is 42.1. The van der Waals surface area contributed by atoms with E-state index in [-0.39, 0.29) is 81.0 Å². The van der Waals surface area contributed by atoms with Gasteiger partial charge in [-0.1, -0.05) is 186 Å². The number of methoxy groups -OCH3 is 1. The molecular formula is C62H118O7Si4. The highest BCUT2D eigenvalue weighted by Gasteiger charge is 2.45. The second kappa shape index (κ2) is 29.0. The first-order valence-corrected chi connectivity index (χ1v) is 39.9. The number of allylic oxidation sites excluding steroid dienone is 2. The minimum atomic E-state index is -2.20. The molecule has 0 saturated heterocycles. The van der Waals surface area contributed by atoms with E-state index in [1.807, 2.05) is 24.3 Å². The topological polar surface area (TPSA) is 75.6 Å². The lowest BCUT2D eigenvalue weighted by molar-refractivity contribution is -0.0551. The molecule has 0 aliphatic heterocycles. The Morgan fingerprint density at radius 1 is 0.548 bits per heavy atom. The lowest BCUT2D eigenvalue weighted by Gasteiger charge is -2.44. The molecule has 0 radical (unpaired) electrons. The molecule has 0 unspecified atom stereocenters. The van der Waals surface area contributed by atoms with E-state index in [0.717, 1.165) is 37.0 Å². The van der Waals surface area contributed by atoms with Gasteiger partial charge in [0.05, 0.1) is 50.8 Å². The van der Waals surface area contributed by atoms with Gasteiger partial charge in [0.15, 0.2) is 33.3 Å². The van der Waals surface area contributed by atoms with Crippen LogP contribution in [0.3, 0.4) is 0 Å². The maximum absolute atomic E-state index is 9.80. The summed E-state index contributed by atoms with van der Waals surface area (Å²) in [6.45, 7) is 65.6. The molecule has 1 aromatic carbocycles. The van der Waals surface area contributed by atoms with Crippen molar-refractivity contribution in [1.29, 1.82) is 0 Å². The van der Waals surface area contributed by atoms with E-state index in [1.165, 1.54) is 0 Å². The van der Waals surface area contributed by atoms with E-state index in [9.17, 15) is 5.11 Å². The van der Waals surface area contributed by atoms with Crippen LogP contribution < -0.4 is 4.74 Å². The van der Waals surface area contributed by atoms with Crippen LogP contribution in [0.25, 0.3) is 0 Å². The van der Waals surface area contributed by atoms with E-state index in [4.69, 9.17) is 27.2 Å². The average molecular weight is 1090 g/mol. The van der Waals surface area contributed by atoms with Gasteiger partial charge in [-0.3, -0.25) is 0 Å². The van der Waals surface area contributed by atoms with Gasteiger partial charge < -0.3 is 32.3 Å². The Hall–Kier alpha value is -1.39. The number of benzene rings is 1. The average Bonchev–Trinajstić information content (AvgIpc) is 3.25. The number of hydrogen-bond acceptors (Lipinski definition) is 7. The first kappa shape index (κ1) is 69.6. The van der Waals surface area contributed by atoms with Gasteiger partial charge in [0.1, 0.15) is 5.75 Å². The largest absolute Gasteiger partial charge is 0.497 e. The molecule has 11 atom stereocenters. The Bertz CT molecular complexity index is 1830. The summed E-state index contributed by atoms with van der Waals surface area (Å²) >= 11 is 0. The molecule has 1 aromatic rings. The van der Waals surface area contributed by atoms with Gasteiger partial charge in [-0.15, -0.1) is 0 Å². The normalized spacial score (nSPS) is 18.8. The predicted octanol–water partition coefficient (Wildman–Crippen LogP) is 18.4. The standard InChI is InChI=1S/C62H118O7Si4/c1-29-30-32-48(4)58(65-45-52-36-39-53(64-20)40-37-52)51(7)55(67-71(23,24)60(11,12)13)41-34-46(2)43-50(6)57(69-73(27,28)62(17,18)19)49(5)35-38-54(66-70(21,22)59(8,9)10)44-56(47(3)33-31-42-63)68-72(25,26)61(14,15)16/h29-33,35-40,46-51,54-58,63H,1,34,41-45H2,2-28H3/t46-,47-,48-,49-,50+,51-,54+,55+,56-,57-,58-/m0/s1. The Morgan fingerprint density at radius 3 is 1.48 bits per heavy atom. The highest BCUT2D eigenvalue weighted by Crippen LogP contribution is 2.44. The van der Waals surface area contributed by atoms with E-state index >= 15 is 0 Å². The van der Waals surface area contributed by atoms with Crippen molar-refractivity contribution < 1.29 is 32.3 Å². The summed E-state index contributed by atoms with van der Waals surface area (Å²) in [5.41, 5.74) is 1.13. The SMILES string of the molecule is C=CC=C[C@H](C)[C@H](OCc1ccc(OC)cc1)[C@@H](C)[C@@H](CC[C@H](C)C[C@@H](C)[C@@H](O[Si](C)(C)C(C)(C)C)[C@@H](C)C=C[C@H](C[C@H](O[Si](C)(C)C(C)(C)C)[C@@H](C)C=CCO)O[Si](C)(C)C(C)(C)C)O[Si](C)(C)C(C)(C)C. The van der Waals surface area contributed by atoms with E-state index in [2.05, 4.69) is 226 Å². The van der Waals surface area contributed by atoms with Crippen molar-refractivity contribution in [2.45, 2.75) is 260 Å². The molecule has 1 N–H and O–H groups in total. The number of rotatable bonds is 31. The molecule has 7 nitrogen and oxygen atoms in total. The van der Waals surface area contributed by atoms with Crippen LogP contribution in [-0.4, -0.2) is 82.6 Å². The number of hydrogen-bond donors (Lipinski definition) is 1. The highest BCUT2D eigenvalue weighted by atomic mass is 28.4. The zero-order valence-corrected chi connectivity index (χ0v) is 56.5. The second-order valence-electron chi connectivity index (χ2n) is 28.4. The van der Waals surface area contributed by atoms with Gasteiger partial charge in [-0.05, 0) is 133 Å². The van der Waals surface area contributed by atoms with Crippen LogP contribution in [0.5, 0.6) is 5.75 Å². The third-order valence-corrected chi connectivity index (χ3v) is 35.8. The van der Waals surface area contributed by atoms with Crippen molar-refractivity contribution in [3.63, 3.8) is 0 Å². The Kier molecular flexibility index (Phi) is 27.7. The fraction of sp³-hybridized carbons (Fsp3) is 0.774. The maximum atomic E-state index is 9.80. The number of aliphatic hydroxyl groups excluding tert-OH is 1. The van der Waals surface area contributed by atoms with Gasteiger partial charge in [-0.25, -0.2) is 0 Å². The molecule has 0 amide bonds. The summed E-state index contributed by atoms with van der Waals surface area (Å²) in [7, 11) is -6.98. The maximum Gasteiger partial charge on any atom is 0.192 e. The van der Waals surface area contributed by atoms with E-state index < -0.39 is 33.3 Å². The molecule has 0 bridgehead atoms. The molecule has 0 heterocycles. The summed E-state index contributed by atoms with van der Waals surface area (Å²) in [6.07, 6.45) is 18.5. The lowest BCUT2D eigenvalue weighted by atomic mass is 9.82. The van der Waals surface area contributed by atoms with Crippen LogP contribution in [0, 0.1) is 35.5 Å². The molecule has 0 aromatic heterocycles. The minimum Gasteiger partial charge on any atom is -0.497 e. The number of ether oxygens (including phenoxy) is 2. The van der Waals surface area contributed by atoms with Crippen LogP contribution in [0.4, 0.5) is 0 Å². The fourth-order valence-corrected chi connectivity index (χ4v) is 14.2. The lowest BCUT2D eigenvalue weighted by Crippen LogP contribution is -2.48. The smallest absolute Gasteiger partial charge is 0.192 e. The zero-order valence-electron chi connectivity index (χ0n) is 52.5. The Balaban J connectivity index is 3.78.